The highest BCUT2D eigenvalue weighted by atomic mass is 19.1. The summed E-state index contributed by atoms with van der Waals surface area (Å²) in [5, 5.41) is 25.0. The highest BCUT2D eigenvalue weighted by Crippen LogP contribution is 2.41. The largest absolute Gasteiger partial charge is 0.496 e. The Kier molecular flexibility index (Phi) is 26.7. The van der Waals surface area contributed by atoms with Crippen LogP contribution in [0.25, 0.3) is 110 Å². The van der Waals surface area contributed by atoms with Crippen LogP contribution >= 0.6 is 0 Å². The van der Waals surface area contributed by atoms with E-state index in [1.54, 1.807) is 67.2 Å². The van der Waals surface area contributed by atoms with Crippen LogP contribution in [0, 0.1) is 39.7 Å². The first-order chi connectivity index (χ1) is 70.6. The van der Waals surface area contributed by atoms with Crippen molar-refractivity contribution < 1.29 is 57.0 Å². The number of carbonyl (C=O) groups is 8. The summed E-state index contributed by atoms with van der Waals surface area (Å²) in [6, 6.07) is 42.2. The van der Waals surface area contributed by atoms with E-state index in [2.05, 4.69) is 105 Å². The lowest BCUT2D eigenvalue weighted by atomic mass is 9.97. The Labute approximate surface area is 823 Å². The Morgan fingerprint density at radius 2 is 0.807 bits per heavy atom. The fourth-order valence-corrected chi connectivity index (χ4v) is 18.3. The molecule has 42 heteroatoms. The summed E-state index contributed by atoms with van der Waals surface area (Å²) in [6.45, 7) is 22.8. The average molecular weight is 1940 g/mol. The quantitative estimate of drug-likeness (QED) is 0.0332. The van der Waals surface area contributed by atoms with Gasteiger partial charge in [0.2, 0.25) is 0 Å². The van der Waals surface area contributed by atoms with Gasteiger partial charge in [-0.25, -0.2) is 87.7 Å². The summed E-state index contributed by atoms with van der Waals surface area (Å²) < 4.78 is 37.1. The van der Waals surface area contributed by atoms with Crippen LogP contribution in [0.5, 0.6) is 17.2 Å². The van der Waals surface area contributed by atoms with Crippen LogP contribution in [0.15, 0.2) is 232 Å². The number of fused-ring (bicyclic) bond motifs is 6. The molecule has 0 unspecified atom stereocenters. The van der Waals surface area contributed by atoms with E-state index in [1.807, 2.05) is 127 Å². The predicted octanol–water partition coefficient (Wildman–Crippen LogP) is 12.8. The molecule has 0 spiro atoms. The smallest absolute Gasteiger partial charge is 0.313 e. The Bertz CT molecular complexity index is 8260. The number of nitrogens with one attached hydrogen (secondary N) is 4. The number of Topliss-reactive ketones (excluding diaryl/α,β-unsaturated/α-hetero) is 4. The van der Waals surface area contributed by atoms with Crippen LogP contribution in [0.1, 0.15) is 113 Å². The van der Waals surface area contributed by atoms with Crippen molar-refractivity contribution >= 4 is 108 Å². The van der Waals surface area contributed by atoms with Crippen molar-refractivity contribution in [2.75, 3.05) is 72.7 Å². The van der Waals surface area contributed by atoms with Crippen molar-refractivity contribution in [3.05, 3.63) is 328 Å². The predicted molar refractivity (Wildman–Crippen MR) is 527 cm³/mol. The second-order valence-electron chi connectivity index (χ2n) is 33.7. The number of hydrazine groups is 1. The van der Waals surface area contributed by atoms with Crippen molar-refractivity contribution in [2.24, 2.45) is 0 Å². The van der Waals surface area contributed by atoms with E-state index in [9.17, 15) is 42.7 Å². The molecule has 18 aromatic rings. The van der Waals surface area contributed by atoms with Gasteiger partial charge in [-0.05, 0) is 82.6 Å². The van der Waals surface area contributed by atoms with Crippen molar-refractivity contribution in [3.63, 3.8) is 0 Å². The molecule has 17 heterocycles. The number of carbonyl (C=O) groups excluding carboxylic acids is 8. The third-order valence-electron chi connectivity index (χ3n) is 25.4. The Hall–Kier alpha value is -19.4. The Morgan fingerprint density at radius 1 is 0.400 bits per heavy atom. The number of hydrogen-bond donors (Lipinski definition) is 4. The standard InChI is InChI=1S/C27H24N6O3.C26H23N9O3.C26H22N8O3.C24H18FN7O2/c1-17-30-16-33(31-17)21-9-10-22(36-3)23-20(15-29-25(21)23)26(34)27(35)32-13-11-19(12-14-32)24(28-2)18-7-5-4-6-8-18;1-15-31-14-34(32-15)25-22-20(19(38-3)12-28-25)18(11-27-22)23(36)26(37)35-10-9-17-21(16-7-5-4-6-8-16)29-13-30-24(17)33(35)2;1-15-31-14-34(32-15)25-23-21(20(37-2)11-28-25)18(10-27-23)24(35)26(36)33-9-8-17-19(12-33)29-13-30-22(17)16-6-4-3-5-7-16;1-26-20(15-5-3-2-4-6-15)16-7-10-31(11-8-16)24(34)22(33)17-13-27-21-19(17)18(25)14-28-23(21)32-12-9-29-30-32/h4-10,15-16,29H,11-14H2,1,3H3;4-8,11-14,27H,9-10H2,1-3H3;3-7,10-11,13-14,27H,8-9,12H2,1-2H3;2-6,9,12-14,27H,7-8,10-11H2. The molecule has 0 atom stereocenters. The number of methoxy groups -OCH3 is 3. The van der Waals surface area contributed by atoms with Gasteiger partial charge in [-0.2, -0.15) is 15.3 Å². The second kappa shape index (κ2) is 40.9. The molecule has 4 N–H and O–H groups in total. The number of hydrogen-bond acceptors (Lipinski definition) is 27. The Balaban J connectivity index is 0.000000122. The fourth-order valence-electron chi connectivity index (χ4n) is 18.3. The fraction of sp³-hybridized carbons (Fsp3) is 0.194. The number of aromatic amines is 4. The van der Waals surface area contributed by atoms with Gasteiger partial charge in [0.25, 0.3) is 40.9 Å². The number of aromatic nitrogens is 23. The molecular formula is C103H87FN30O11. The third-order valence-corrected chi connectivity index (χ3v) is 25.4. The molecule has 722 valence electrons. The minimum atomic E-state index is -0.804. The Morgan fingerprint density at radius 3 is 1.27 bits per heavy atom. The number of piperidine rings is 2. The molecule has 0 radical (unpaired) electrons. The first kappa shape index (κ1) is 94.5. The van der Waals surface area contributed by atoms with Crippen molar-refractivity contribution in [1.82, 2.24) is 134 Å². The molecule has 145 heavy (non-hydrogen) atoms. The third kappa shape index (κ3) is 18.4. The lowest BCUT2D eigenvalue weighted by Gasteiger charge is -2.37. The van der Waals surface area contributed by atoms with E-state index in [-0.39, 0.29) is 45.5 Å². The first-order valence-electron chi connectivity index (χ1n) is 45.7. The van der Waals surface area contributed by atoms with Crippen molar-refractivity contribution in [3.8, 4) is 62.9 Å². The monoisotopic (exact) mass is 1940 g/mol. The van der Waals surface area contributed by atoms with Crippen LogP contribution < -0.4 is 19.2 Å². The summed E-state index contributed by atoms with van der Waals surface area (Å²) in [6.07, 6.45) is 23.6. The number of halogens is 1. The highest BCUT2D eigenvalue weighted by molar-refractivity contribution is 6.47. The second-order valence-corrected chi connectivity index (χ2v) is 33.7. The molecule has 2 saturated heterocycles. The number of ketones is 4. The number of rotatable bonds is 19. The molecule has 13 aromatic heterocycles. The van der Waals surface area contributed by atoms with Crippen molar-refractivity contribution in [2.45, 2.75) is 65.8 Å². The molecule has 0 aliphatic carbocycles. The van der Waals surface area contributed by atoms with Gasteiger partial charge in [-0.3, -0.25) is 43.4 Å². The normalized spacial score (nSPS) is 13.3. The topological polar surface area (TPSA) is 465 Å². The number of pyridine rings is 3. The zero-order valence-corrected chi connectivity index (χ0v) is 79.0. The summed E-state index contributed by atoms with van der Waals surface area (Å²) >= 11 is 0. The average Bonchev–Trinajstić information content (AvgIpc) is 1.57. The maximum Gasteiger partial charge on any atom is 0.313 e. The van der Waals surface area contributed by atoms with Crippen LogP contribution in [-0.4, -0.2) is 248 Å². The molecule has 4 amide bonds. The molecule has 4 aliphatic rings. The number of ether oxygens (including phenoxy) is 3. The molecule has 2 fully saturated rings. The van der Waals surface area contributed by atoms with Crippen LogP contribution in [0.4, 0.5) is 10.2 Å². The minimum Gasteiger partial charge on any atom is -0.496 e. The van der Waals surface area contributed by atoms with Gasteiger partial charge < -0.3 is 48.8 Å². The number of anilines is 1. The maximum atomic E-state index is 14.7. The van der Waals surface area contributed by atoms with Gasteiger partial charge in [0, 0.05) is 93.4 Å². The molecule has 0 bridgehead atoms. The lowest BCUT2D eigenvalue weighted by Crippen LogP contribution is -2.51. The summed E-state index contributed by atoms with van der Waals surface area (Å²) in [5.41, 5.74) is 14.3. The summed E-state index contributed by atoms with van der Waals surface area (Å²) in [5.74, 6) is -1.32. The van der Waals surface area contributed by atoms with Gasteiger partial charge in [0.15, 0.2) is 40.5 Å². The van der Waals surface area contributed by atoms with E-state index in [1.165, 1.54) is 113 Å². The number of H-pyrrole nitrogens is 4. The van der Waals surface area contributed by atoms with Crippen molar-refractivity contribution in [1.29, 1.82) is 0 Å². The zero-order chi connectivity index (χ0) is 101. The van der Waals surface area contributed by atoms with Crippen LogP contribution in [-0.2, 0) is 38.6 Å². The molecule has 0 saturated carbocycles. The number of likely N-dealkylation sites (tertiary alicyclic amines) is 2. The van der Waals surface area contributed by atoms with E-state index >= 15 is 0 Å². The van der Waals surface area contributed by atoms with E-state index in [0.717, 1.165) is 67.8 Å². The molecule has 22 rings (SSSR count). The van der Waals surface area contributed by atoms with E-state index < -0.39 is 52.6 Å². The summed E-state index contributed by atoms with van der Waals surface area (Å²) in [7, 11) is 6.22. The number of benzene rings is 5. The molecule has 4 aliphatic heterocycles. The molecule has 41 nitrogen and oxygen atoms in total. The highest BCUT2D eigenvalue weighted by Gasteiger charge is 2.39. The van der Waals surface area contributed by atoms with Gasteiger partial charge >= 0.3 is 5.91 Å². The van der Waals surface area contributed by atoms with E-state index in [4.69, 9.17) is 27.4 Å². The lowest BCUT2D eigenvalue weighted by molar-refractivity contribution is -0.127. The number of amides is 4. The first-order valence-corrected chi connectivity index (χ1v) is 45.7. The molecule has 5 aromatic carbocycles. The van der Waals surface area contributed by atoms with Gasteiger partial charge in [-0.1, -0.05) is 138 Å². The number of nitrogens with zero attached hydrogens (tertiary/aromatic N) is 26. The van der Waals surface area contributed by atoms with Crippen LogP contribution in [0.3, 0.4) is 0 Å². The van der Waals surface area contributed by atoms with Gasteiger partial charge in [0.1, 0.15) is 66.4 Å². The van der Waals surface area contributed by atoms with Crippen LogP contribution in [0.2, 0.25) is 0 Å². The van der Waals surface area contributed by atoms with E-state index in [0.29, 0.717) is 180 Å². The summed E-state index contributed by atoms with van der Waals surface area (Å²) in [4.78, 5) is 174. The number of aryl methyl sites for hydroxylation is 3. The molecular weight excluding hydrogens is 1850 g/mol. The van der Waals surface area contributed by atoms with Gasteiger partial charge in [0.05, 0.1) is 161 Å². The van der Waals surface area contributed by atoms with Gasteiger partial charge in [-0.15, -0.1) is 5.10 Å². The SMILES string of the molecule is COc1cnc(-n2cnc(C)n2)c2[nH]cc(C(=O)C(=O)N3CCc4c(-c5ccccc5)ncnc4N3C)c12.COc1cnc(-n2cnc(C)n2)c2[nH]cc(C(=O)C(=O)N3CCc4c(ncnc4-c4ccccc4)C3)c12.[C-]#[N+]C(=C1CCN(C(=O)C(=O)c2c[nH]c3c(-n4ccnn4)ncc(F)c23)CC1)c1ccccc1.[C-]#[N+]C(=C1CCN(C(=O)C(=O)c2c[nH]c3c(-n4cnc(C)n4)ccc(OC)c23)CC1)c1ccccc1. The maximum absolute atomic E-state index is 14.7. The zero-order valence-electron chi connectivity index (χ0n) is 79.0. The minimum absolute atomic E-state index is 0.0178.